The van der Waals surface area contributed by atoms with Crippen LogP contribution in [-0.4, -0.2) is 69.0 Å². The molecule has 3 aliphatic rings. The van der Waals surface area contributed by atoms with Gasteiger partial charge in [0.25, 0.3) is 11.8 Å². The number of amides is 2. The Labute approximate surface area is 299 Å². The molecule has 0 atom stereocenters. The van der Waals surface area contributed by atoms with Gasteiger partial charge in [0, 0.05) is 70.3 Å². The number of carbonyl (C=O) groups excluding carboxylic acids is 2. The normalized spacial score (nSPS) is 15.6. The molecule has 10 rings (SSSR count). The number of aromatic nitrogens is 4. The fraction of sp³-hybridized carbons (Fsp3) is 0.211. The minimum absolute atomic E-state index is 0.126. The van der Waals surface area contributed by atoms with Crippen LogP contribution >= 0.6 is 11.3 Å². The molecule has 4 N–H and O–H groups in total. The van der Waals surface area contributed by atoms with E-state index in [4.69, 9.17) is 0 Å². The van der Waals surface area contributed by atoms with Crippen molar-refractivity contribution < 1.29 is 19.5 Å². The molecule has 0 aliphatic carbocycles. The van der Waals surface area contributed by atoms with E-state index < -0.39 is 5.97 Å². The van der Waals surface area contributed by atoms with Crippen molar-refractivity contribution in [3.05, 3.63) is 95.1 Å². The maximum Gasteiger partial charge on any atom is 0.352 e. The van der Waals surface area contributed by atoms with E-state index in [-0.39, 0.29) is 17.5 Å². The summed E-state index contributed by atoms with van der Waals surface area (Å²) in [7, 11) is 0. The van der Waals surface area contributed by atoms with Crippen molar-refractivity contribution in [2.24, 2.45) is 10.2 Å². The van der Waals surface area contributed by atoms with Crippen molar-refractivity contribution >= 4 is 89.0 Å². The van der Waals surface area contributed by atoms with Crippen LogP contribution in [0, 0.1) is 0 Å². The van der Waals surface area contributed by atoms with Gasteiger partial charge < -0.3 is 34.8 Å². The number of carboxylic acids is 1. The lowest BCUT2D eigenvalue weighted by molar-refractivity contribution is 0.0691. The van der Waals surface area contributed by atoms with Crippen LogP contribution in [0.5, 0.6) is 0 Å². The number of H-pyrrole nitrogens is 3. The number of anilines is 3. The predicted octanol–water partition coefficient (Wildman–Crippen LogP) is 7.71. The fourth-order valence-corrected chi connectivity index (χ4v) is 8.72. The standard InChI is InChI=1S/C38H31N9O4S/c48-35(29-16-20-15-21(3-4-26(20)40-29)43-44-34-19-39-38(52-34)45-11-1-2-12-45)46-13-9-22-24-17-30(41-27(24)5-7-32(22)46)36(49)47-14-10-23-25-18-31(37(50)51)42-28(25)6-8-33(23)47/h3-8,15-19,40-42H,1-2,9-14H2,(H,50,51)/b44-43+. The number of aromatic carboxylic acids is 1. The number of thiazole rings is 1. The maximum atomic E-state index is 13.9. The van der Waals surface area contributed by atoms with Crippen LogP contribution in [-0.2, 0) is 12.8 Å². The highest BCUT2D eigenvalue weighted by Gasteiger charge is 2.32. The Morgan fingerprint density at radius 3 is 1.96 bits per heavy atom. The molecule has 14 heteroatoms. The first kappa shape index (κ1) is 30.5. The Morgan fingerprint density at radius 2 is 1.29 bits per heavy atom. The van der Waals surface area contributed by atoms with Gasteiger partial charge in [-0.25, -0.2) is 9.78 Å². The van der Waals surface area contributed by atoms with Gasteiger partial charge in [-0.2, -0.15) is 0 Å². The Hall–Kier alpha value is -6.28. The van der Waals surface area contributed by atoms with Gasteiger partial charge >= 0.3 is 5.97 Å². The molecule has 2 amide bonds. The lowest BCUT2D eigenvalue weighted by Gasteiger charge is -2.16. The smallest absolute Gasteiger partial charge is 0.352 e. The summed E-state index contributed by atoms with van der Waals surface area (Å²) in [5.74, 6) is -1.30. The monoisotopic (exact) mass is 709 g/mol. The molecule has 3 aliphatic heterocycles. The summed E-state index contributed by atoms with van der Waals surface area (Å²) in [6, 6.07) is 18.6. The first-order valence-electron chi connectivity index (χ1n) is 17.3. The minimum Gasteiger partial charge on any atom is -0.477 e. The van der Waals surface area contributed by atoms with Gasteiger partial charge in [0.05, 0.1) is 11.9 Å². The summed E-state index contributed by atoms with van der Waals surface area (Å²) < 4.78 is 0. The highest BCUT2D eigenvalue weighted by Crippen LogP contribution is 2.39. The first-order chi connectivity index (χ1) is 25.4. The summed E-state index contributed by atoms with van der Waals surface area (Å²) in [5.41, 5.74) is 7.77. The van der Waals surface area contributed by atoms with Gasteiger partial charge in [-0.3, -0.25) is 9.59 Å². The lowest BCUT2D eigenvalue weighted by Crippen LogP contribution is -2.29. The van der Waals surface area contributed by atoms with E-state index in [1.165, 1.54) is 24.2 Å². The van der Waals surface area contributed by atoms with Crippen molar-refractivity contribution in [3.8, 4) is 0 Å². The fourth-order valence-electron chi connectivity index (χ4n) is 7.93. The van der Waals surface area contributed by atoms with Crippen molar-refractivity contribution in [3.63, 3.8) is 0 Å². The van der Waals surface area contributed by atoms with Gasteiger partial charge in [-0.05, 0) is 97.5 Å². The van der Waals surface area contributed by atoms with E-state index in [9.17, 15) is 19.5 Å². The first-order valence-corrected chi connectivity index (χ1v) is 18.1. The third kappa shape index (κ3) is 4.89. The zero-order valence-electron chi connectivity index (χ0n) is 27.8. The van der Waals surface area contributed by atoms with Crippen molar-refractivity contribution in [1.82, 2.24) is 19.9 Å². The minimum atomic E-state index is -1.02. The largest absolute Gasteiger partial charge is 0.477 e. The van der Waals surface area contributed by atoms with Crippen LogP contribution in [0.1, 0.15) is 55.4 Å². The van der Waals surface area contributed by atoms with Crippen molar-refractivity contribution in [2.45, 2.75) is 25.7 Å². The van der Waals surface area contributed by atoms with Crippen LogP contribution in [0.4, 0.5) is 27.2 Å². The van der Waals surface area contributed by atoms with E-state index in [2.05, 4.69) is 35.1 Å². The Balaban J connectivity index is 0.882. The molecule has 52 heavy (non-hydrogen) atoms. The van der Waals surface area contributed by atoms with Crippen molar-refractivity contribution in [1.29, 1.82) is 0 Å². The van der Waals surface area contributed by atoms with Gasteiger partial charge in [0.2, 0.25) is 0 Å². The second-order valence-electron chi connectivity index (χ2n) is 13.5. The molecule has 0 saturated carbocycles. The number of nitrogens with zero attached hydrogens (tertiary/aromatic N) is 6. The number of rotatable bonds is 6. The quantitative estimate of drug-likeness (QED) is 0.129. The molecular formula is C38H31N9O4S. The molecule has 3 aromatic carbocycles. The van der Waals surface area contributed by atoms with E-state index in [1.54, 1.807) is 22.1 Å². The maximum absolute atomic E-state index is 13.9. The molecule has 258 valence electrons. The molecule has 13 nitrogen and oxygen atoms in total. The van der Waals surface area contributed by atoms with Gasteiger partial charge in [-0.15, -0.1) is 10.2 Å². The molecule has 4 aromatic heterocycles. The zero-order valence-corrected chi connectivity index (χ0v) is 28.6. The summed E-state index contributed by atoms with van der Waals surface area (Å²) >= 11 is 1.54. The number of carbonyl (C=O) groups is 3. The molecule has 1 fully saturated rings. The number of aromatic amines is 3. The SMILES string of the molecule is O=C(O)c1cc2c3c(ccc2[nH]1)N(C(=O)c1cc2c4c(ccc2[nH]1)N(C(=O)c1cc2cc(/N=N/c5cnc(N6CCCC6)s5)ccc2[nH]1)CC4)CC3. The third-order valence-electron chi connectivity index (χ3n) is 10.4. The number of nitrogens with one attached hydrogen (secondary N) is 3. The second-order valence-corrected chi connectivity index (χ2v) is 14.5. The number of azo groups is 1. The summed E-state index contributed by atoms with van der Waals surface area (Å²) in [4.78, 5) is 59.2. The number of hydrogen-bond donors (Lipinski definition) is 4. The molecule has 0 bridgehead atoms. The summed E-state index contributed by atoms with van der Waals surface area (Å²) in [5, 5.41) is 22.7. The predicted molar refractivity (Wildman–Crippen MR) is 200 cm³/mol. The van der Waals surface area contributed by atoms with Crippen LogP contribution < -0.4 is 14.7 Å². The van der Waals surface area contributed by atoms with E-state index in [1.807, 2.05) is 54.6 Å². The van der Waals surface area contributed by atoms with Gasteiger partial charge in [0.1, 0.15) is 17.1 Å². The number of benzene rings is 3. The molecule has 0 spiro atoms. The second kappa shape index (κ2) is 11.6. The molecule has 0 radical (unpaired) electrons. The number of fused-ring (bicyclic) bond motifs is 7. The zero-order chi connectivity index (χ0) is 35.1. The highest BCUT2D eigenvalue weighted by molar-refractivity contribution is 7.19. The van der Waals surface area contributed by atoms with Crippen molar-refractivity contribution in [2.75, 3.05) is 40.9 Å². The van der Waals surface area contributed by atoms with E-state index >= 15 is 0 Å². The molecule has 7 heterocycles. The molecule has 7 aromatic rings. The van der Waals surface area contributed by atoms with E-state index in [0.29, 0.717) is 43.0 Å². The number of carboxylic acid groups (broad SMARTS) is 1. The van der Waals surface area contributed by atoms with Crippen LogP contribution in [0.3, 0.4) is 0 Å². The van der Waals surface area contributed by atoms with Crippen LogP contribution in [0.15, 0.2) is 77.1 Å². The number of hydrogen-bond acceptors (Lipinski definition) is 8. The average Bonchev–Trinajstić information content (AvgIpc) is 3.99. The van der Waals surface area contributed by atoms with E-state index in [0.717, 1.165) is 78.4 Å². The molecule has 0 unspecified atom stereocenters. The average molecular weight is 710 g/mol. The van der Waals surface area contributed by atoms with Gasteiger partial charge in [-0.1, -0.05) is 11.3 Å². The topological polar surface area (TPSA) is 166 Å². The Bertz CT molecular complexity index is 2660. The third-order valence-corrected chi connectivity index (χ3v) is 11.4. The molecule has 1 saturated heterocycles. The van der Waals surface area contributed by atoms with Gasteiger partial charge in [0.15, 0.2) is 10.1 Å². The van der Waals surface area contributed by atoms with Crippen LogP contribution in [0.2, 0.25) is 0 Å². The van der Waals surface area contributed by atoms with Crippen LogP contribution in [0.25, 0.3) is 32.7 Å². The summed E-state index contributed by atoms with van der Waals surface area (Å²) in [6.45, 7) is 3.09. The highest BCUT2D eigenvalue weighted by atomic mass is 32.1. The Kier molecular flexibility index (Phi) is 6.83. The Morgan fingerprint density at radius 1 is 0.692 bits per heavy atom. The summed E-state index contributed by atoms with van der Waals surface area (Å²) in [6.07, 6.45) is 5.44. The molecular weight excluding hydrogens is 679 g/mol. The lowest BCUT2D eigenvalue weighted by atomic mass is 10.1.